The van der Waals surface area contributed by atoms with Gasteiger partial charge in [0.25, 0.3) is 0 Å². The lowest BCUT2D eigenvalue weighted by molar-refractivity contribution is -0.111. The van der Waals surface area contributed by atoms with E-state index in [1.165, 1.54) is 18.8 Å². The van der Waals surface area contributed by atoms with Crippen molar-refractivity contribution in [3.63, 3.8) is 0 Å². The van der Waals surface area contributed by atoms with Crippen LogP contribution in [0.2, 0.25) is 5.02 Å². The van der Waals surface area contributed by atoms with Crippen molar-refractivity contribution in [2.45, 2.75) is 43.8 Å². The molecule has 2 aromatic carbocycles. The second-order valence-corrected chi connectivity index (χ2v) is 12.7. The minimum Gasteiger partial charge on any atom is -0.494 e. The number of ether oxygens (including phenoxy) is 1. The Morgan fingerprint density at radius 1 is 1.07 bits per heavy atom. The summed E-state index contributed by atoms with van der Waals surface area (Å²) >= 11 is 6.12. The van der Waals surface area contributed by atoms with Crippen molar-refractivity contribution in [3.8, 4) is 5.75 Å². The van der Waals surface area contributed by atoms with Crippen molar-refractivity contribution in [1.29, 1.82) is 0 Å². The van der Waals surface area contributed by atoms with Crippen LogP contribution in [0.4, 0.5) is 28.7 Å². The summed E-state index contributed by atoms with van der Waals surface area (Å²) in [7, 11) is 5.99. The second kappa shape index (κ2) is 14.3. The number of halogens is 1. The molecule has 3 aromatic rings. The van der Waals surface area contributed by atoms with Gasteiger partial charge in [0.1, 0.15) is 17.9 Å². The fraction of sp³-hybridized carbons (Fsp3) is 0.441. The van der Waals surface area contributed by atoms with Crippen LogP contribution >= 0.6 is 11.6 Å². The number of nitrogens with zero attached hydrogens (tertiary/aromatic N) is 6. The zero-order valence-corrected chi connectivity index (χ0v) is 27.5. The highest BCUT2D eigenvalue weighted by Gasteiger charge is 2.33. The van der Waals surface area contributed by atoms with Crippen LogP contribution < -0.4 is 25.3 Å². The molecule has 2 N–H and O–H groups in total. The quantitative estimate of drug-likeness (QED) is 0.275. The number of likely N-dealkylation sites (N-methyl/N-ethyl adjacent to an activating group) is 1. The molecule has 0 saturated carbocycles. The molecule has 3 saturated heterocycles. The predicted octanol–water partition coefficient (Wildman–Crippen LogP) is 5.49. The first-order chi connectivity index (χ1) is 22.3. The molecule has 0 radical (unpaired) electrons. The van der Waals surface area contributed by atoms with Crippen molar-refractivity contribution < 1.29 is 14.4 Å². The molecule has 3 aliphatic heterocycles. The lowest BCUT2D eigenvalue weighted by Crippen LogP contribution is -2.45. The van der Waals surface area contributed by atoms with Crippen molar-refractivity contribution in [2.24, 2.45) is 0 Å². The number of hydrogen-bond donors (Lipinski definition) is 2. The van der Waals surface area contributed by atoms with Gasteiger partial charge in [0, 0.05) is 61.8 Å². The molecule has 4 heterocycles. The molecule has 12 heteroatoms. The molecule has 3 aliphatic rings. The Morgan fingerprint density at radius 2 is 1.85 bits per heavy atom. The summed E-state index contributed by atoms with van der Waals surface area (Å²) in [6, 6.07) is 14.7. The predicted molar refractivity (Wildman–Crippen MR) is 183 cm³/mol. The van der Waals surface area contributed by atoms with Crippen molar-refractivity contribution in [3.05, 3.63) is 72.0 Å². The third-order valence-corrected chi connectivity index (χ3v) is 9.56. The van der Waals surface area contributed by atoms with E-state index >= 15 is 0 Å². The Bertz CT molecular complexity index is 1530. The van der Waals surface area contributed by atoms with Gasteiger partial charge in [-0.2, -0.15) is 0 Å². The van der Waals surface area contributed by atoms with Crippen LogP contribution in [0.1, 0.15) is 37.3 Å². The van der Waals surface area contributed by atoms with Crippen molar-refractivity contribution in [2.75, 3.05) is 74.6 Å². The summed E-state index contributed by atoms with van der Waals surface area (Å²) in [6.07, 6.45) is 6.96. The number of methoxy groups -OCH3 is 1. The van der Waals surface area contributed by atoms with Gasteiger partial charge in [-0.05, 0) is 63.2 Å². The molecule has 0 aliphatic carbocycles. The monoisotopic (exact) mass is 646 g/mol. The van der Waals surface area contributed by atoms with Gasteiger partial charge in [0.05, 0.1) is 36.8 Å². The van der Waals surface area contributed by atoms with E-state index in [0.717, 1.165) is 56.7 Å². The maximum absolute atomic E-state index is 12.6. The molecule has 0 unspecified atom stereocenters. The van der Waals surface area contributed by atoms with Crippen LogP contribution in [0.5, 0.6) is 5.75 Å². The molecule has 1 aromatic heterocycles. The van der Waals surface area contributed by atoms with Gasteiger partial charge in [-0.25, -0.2) is 15.0 Å². The number of anilines is 5. The van der Waals surface area contributed by atoms with Crippen LogP contribution in [0.15, 0.2) is 61.4 Å². The minimum absolute atomic E-state index is 0.00132. The van der Waals surface area contributed by atoms with E-state index in [9.17, 15) is 4.79 Å². The molecular formula is C34H43ClN8O3. The normalized spacial score (nSPS) is 20.7. The maximum atomic E-state index is 12.6. The zero-order valence-electron chi connectivity index (χ0n) is 26.8. The number of aromatic nitrogens is 2. The van der Waals surface area contributed by atoms with Crippen molar-refractivity contribution >= 4 is 46.2 Å². The largest absolute Gasteiger partial charge is 0.494 e. The maximum Gasteiger partial charge on any atom is 0.247 e. The Balaban J connectivity index is 1.21. The van der Waals surface area contributed by atoms with Gasteiger partial charge in [-0.15, -0.1) is 0 Å². The molecule has 244 valence electrons. The van der Waals surface area contributed by atoms with Crippen LogP contribution in [0.3, 0.4) is 0 Å². The summed E-state index contributed by atoms with van der Waals surface area (Å²) in [6.45, 7) is 8.30. The lowest BCUT2D eigenvalue weighted by atomic mass is 10.0. The minimum atomic E-state index is -0.275. The first-order valence-corrected chi connectivity index (χ1v) is 16.3. The number of rotatable bonds is 10. The number of piperidine rings is 1. The smallest absolute Gasteiger partial charge is 0.247 e. The fourth-order valence-corrected chi connectivity index (χ4v) is 6.86. The molecule has 11 nitrogen and oxygen atoms in total. The first kappa shape index (κ1) is 32.1. The number of carbonyl (C=O) groups is 1. The highest BCUT2D eigenvalue weighted by atomic mass is 35.5. The number of hydroxylamine groups is 1. The molecule has 0 spiro atoms. The highest BCUT2D eigenvalue weighted by molar-refractivity contribution is 6.30. The molecule has 0 bridgehead atoms. The highest BCUT2D eigenvalue weighted by Crippen LogP contribution is 2.41. The van der Waals surface area contributed by atoms with Gasteiger partial charge in [0.15, 0.2) is 5.82 Å². The number of amides is 1. The Morgan fingerprint density at radius 3 is 2.54 bits per heavy atom. The van der Waals surface area contributed by atoms with Crippen LogP contribution in [-0.2, 0) is 9.63 Å². The zero-order chi connectivity index (χ0) is 32.2. The Kier molecular flexibility index (Phi) is 9.93. The van der Waals surface area contributed by atoms with E-state index in [4.69, 9.17) is 21.2 Å². The van der Waals surface area contributed by atoms with Gasteiger partial charge in [-0.3, -0.25) is 14.5 Å². The summed E-state index contributed by atoms with van der Waals surface area (Å²) < 4.78 is 5.86. The molecule has 46 heavy (non-hydrogen) atoms. The van der Waals surface area contributed by atoms with Gasteiger partial charge in [-0.1, -0.05) is 30.3 Å². The van der Waals surface area contributed by atoms with Gasteiger partial charge in [0.2, 0.25) is 5.91 Å². The van der Waals surface area contributed by atoms with E-state index in [1.807, 2.05) is 47.5 Å². The third-order valence-electron chi connectivity index (χ3n) is 9.31. The van der Waals surface area contributed by atoms with Crippen molar-refractivity contribution in [1.82, 2.24) is 19.8 Å². The Hall–Kier alpha value is -3.90. The number of carbonyl (C=O) groups excluding carboxylic acids is 1. The molecular weight excluding hydrogens is 604 g/mol. The molecule has 3 fully saturated rings. The van der Waals surface area contributed by atoms with Crippen LogP contribution in [0.25, 0.3) is 0 Å². The van der Waals surface area contributed by atoms with Gasteiger partial charge >= 0.3 is 0 Å². The topological polar surface area (TPSA) is 98.3 Å². The summed E-state index contributed by atoms with van der Waals surface area (Å²) in [5.74, 6) is 1.55. The molecule has 1 amide bonds. The van der Waals surface area contributed by atoms with E-state index < -0.39 is 0 Å². The number of nitrogens with one attached hydrogen (secondary N) is 2. The second-order valence-electron chi connectivity index (χ2n) is 12.3. The Labute approximate surface area is 276 Å². The molecule has 2 atom stereocenters. The average molecular weight is 647 g/mol. The summed E-state index contributed by atoms with van der Waals surface area (Å²) in [5, 5.41) is 8.92. The SMILES string of the molecule is C=CC(=O)Nc1cc(Nc2cc(N3OCC[C@@H]3c3ccc(Cl)cc3)ncn2)c(OC)cc1N1CCC(N2CC[C@@H](N(C)C)C2)CC1. The lowest BCUT2D eigenvalue weighted by Gasteiger charge is -2.39. The van der Waals surface area contributed by atoms with Crippen LogP contribution in [-0.4, -0.2) is 91.7 Å². The van der Waals surface area contributed by atoms with E-state index in [2.05, 4.69) is 56.0 Å². The first-order valence-electron chi connectivity index (χ1n) is 15.9. The van der Waals surface area contributed by atoms with E-state index in [-0.39, 0.29) is 11.9 Å². The third kappa shape index (κ3) is 7.07. The van der Waals surface area contributed by atoms with E-state index in [1.54, 1.807) is 7.11 Å². The summed E-state index contributed by atoms with van der Waals surface area (Å²) in [4.78, 5) is 34.8. The average Bonchev–Trinajstić information content (AvgIpc) is 3.77. The van der Waals surface area contributed by atoms with Gasteiger partial charge < -0.3 is 25.2 Å². The number of likely N-dealkylation sites (tertiary alicyclic amines) is 1. The number of benzene rings is 2. The standard InChI is InChI=1S/C34H43ClN8O3/c1-5-34(44)39-27-18-28(31(45-4)19-30(27)41-14-10-25(11-15-41)42-16-12-26(21-42)40(2)3)38-32-20-33(37-22-36-32)43-29(13-17-46-43)23-6-8-24(35)9-7-23/h5-9,18-20,22,25-26,29H,1,10-17,21H2,2-4H3,(H,39,44)(H,36,37,38)/t26-,29-/m1/s1. The van der Waals surface area contributed by atoms with E-state index in [0.29, 0.717) is 52.5 Å². The molecule has 6 rings (SSSR count). The summed E-state index contributed by atoms with van der Waals surface area (Å²) in [5.41, 5.74) is 3.36. The van der Waals surface area contributed by atoms with Crippen LogP contribution in [0, 0.1) is 0 Å². The number of hydrogen-bond acceptors (Lipinski definition) is 10. The fourth-order valence-electron chi connectivity index (χ4n) is 6.73.